The van der Waals surface area contributed by atoms with Gasteiger partial charge in [0, 0.05) is 16.3 Å². The van der Waals surface area contributed by atoms with Crippen LogP contribution in [0.25, 0.3) is 11.1 Å². The van der Waals surface area contributed by atoms with Crippen molar-refractivity contribution in [1.82, 2.24) is 0 Å². The Morgan fingerprint density at radius 2 is 1.42 bits per heavy atom. The van der Waals surface area contributed by atoms with Gasteiger partial charge in [-0.1, -0.05) is 48.0 Å². The zero-order valence-corrected chi connectivity index (χ0v) is 14.8. The minimum atomic E-state index is -0.215. The molecule has 1 atom stereocenters. The average molecular weight is 334 g/mol. The third-order valence-electron chi connectivity index (χ3n) is 3.97. The summed E-state index contributed by atoms with van der Waals surface area (Å²) in [5.74, 6) is 0. The van der Waals surface area contributed by atoms with E-state index in [9.17, 15) is 0 Å². The molecule has 3 rings (SSSR count). The van der Waals surface area contributed by atoms with Gasteiger partial charge in [-0.05, 0) is 55.3 Å². The zero-order valence-electron chi connectivity index (χ0n) is 14.0. The third-order valence-corrected chi connectivity index (χ3v) is 5.17. The van der Waals surface area contributed by atoms with Crippen LogP contribution in [0, 0.1) is 6.92 Å². The summed E-state index contributed by atoms with van der Waals surface area (Å²) in [5.41, 5.74) is 17.0. The highest BCUT2D eigenvalue weighted by molar-refractivity contribution is 8.01. The number of hydrogen-bond acceptors (Lipinski definition) is 3. The molecule has 24 heavy (non-hydrogen) atoms. The summed E-state index contributed by atoms with van der Waals surface area (Å²) >= 11 is 1.76. The fourth-order valence-electron chi connectivity index (χ4n) is 2.70. The monoisotopic (exact) mass is 334 g/mol. The van der Waals surface area contributed by atoms with Gasteiger partial charge >= 0.3 is 0 Å². The van der Waals surface area contributed by atoms with Crippen LogP contribution in [0.4, 0.5) is 0 Å². The first kappa shape index (κ1) is 16.5. The summed E-state index contributed by atoms with van der Waals surface area (Å²) in [6.45, 7) is 4.24. The zero-order chi connectivity index (χ0) is 17.2. The molecule has 1 aliphatic carbocycles. The molecule has 0 amide bonds. The van der Waals surface area contributed by atoms with E-state index in [4.69, 9.17) is 11.5 Å². The lowest BCUT2D eigenvalue weighted by Crippen LogP contribution is -2.14. The van der Waals surface area contributed by atoms with Crippen LogP contribution in [-0.2, 0) is 0 Å². The highest BCUT2D eigenvalue weighted by atomic mass is 32.2. The van der Waals surface area contributed by atoms with Crippen molar-refractivity contribution >= 4 is 11.8 Å². The molecule has 0 saturated heterocycles. The molecular weight excluding hydrogens is 312 g/mol. The maximum absolute atomic E-state index is 6.02. The molecule has 0 aromatic heterocycles. The van der Waals surface area contributed by atoms with Gasteiger partial charge in [0.05, 0.1) is 4.75 Å². The summed E-state index contributed by atoms with van der Waals surface area (Å²) in [4.78, 5) is 1.20. The maximum atomic E-state index is 6.02. The first-order valence-electron chi connectivity index (χ1n) is 7.94. The van der Waals surface area contributed by atoms with Crippen molar-refractivity contribution < 1.29 is 0 Å². The predicted molar refractivity (Wildman–Crippen MR) is 105 cm³/mol. The predicted octanol–water partition coefficient (Wildman–Crippen LogP) is 4.77. The van der Waals surface area contributed by atoms with Gasteiger partial charge in [0.25, 0.3) is 0 Å². The van der Waals surface area contributed by atoms with Gasteiger partial charge < -0.3 is 11.5 Å². The fourth-order valence-corrected chi connectivity index (χ4v) is 3.81. The molecule has 0 radical (unpaired) electrons. The standard InChI is InChI=1S/C21H22N2S/c1-15-3-5-16(6-4-15)17-7-9-20(10-8-17)24-21(2)12-11-18(22)13-19(23)14-21/h3-14H,22-23H2,1-2H3. The Bertz CT molecular complexity index is 814. The molecular formula is C21H22N2S. The quantitative estimate of drug-likeness (QED) is 0.850. The van der Waals surface area contributed by atoms with E-state index in [0.717, 1.165) is 0 Å². The molecule has 0 fully saturated rings. The first-order chi connectivity index (χ1) is 11.4. The lowest BCUT2D eigenvalue weighted by atomic mass is 10.0. The van der Waals surface area contributed by atoms with Crippen LogP contribution < -0.4 is 11.5 Å². The Morgan fingerprint density at radius 1 is 0.833 bits per heavy atom. The van der Waals surface area contributed by atoms with Crippen molar-refractivity contribution in [1.29, 1.82) is 0 Å². The van der Waals surface area contributed by atoms with Gasteiger partial charge in [0.2, 0.25) is 0 Å². The summed E-state index contributed by atoms with van der Waals surface area (Å²) in [7, 11) is 0. The number of rotatable bonds is 3. The van der Waals surface area contributed by atoms with Crippen molar-refractivity contribution in [3.63, 3.8) is 0 Å². The number of nitrogens with two attached hydrogens (primary N) is 2. The number of allylic oxidation sites excluding steroid dienone is 2. The lowest BCUT2D eigenvalue weighted by molar-refractivity contribution is 0.993. The Hall–Kier alpha value is -2.39. The number of thioether (sulfide) groups is 1. The number of hydrogen-bond donors (Lipinski definition) is 2. The Labute approximate surface area is 148 Å². The van der Waals surface area contributed by atoms with Gasteiger partial charge in [-0.25, -0.2) is 0 Å². The summed E-state index contributed by atoms with van der Waals surface area (Å²) < 4.78 is -0.215. The molecule has 0 aliphatic heterocycles. The molecule has 4 N–H and O–H groups in total. The summed E-state index contributed by atoms with van der Waals surface area (Å²) in [5, 5.41) is 0. The van der Waals surface area contributed by atoms with Crippen LogP contribution >= 0.6 is 11.8 Å². The van der Waals surface area contributed by atoms with E-state index < -0.39 is 0 Å². The average Bonchev–Trinajstić information content (AvgIpc) is 2.66. The maximum Gasteiger partial charge on any atom is 0.0564 e. The second kappa shape index (κ2) is 6.62. The normalized spacial score (nSPS) is 20.2. The van der Waals surface area contributed by atoms with E-state index in [1.807, 2.05) is 12.2 Å². The second-order valence-corrected chi connectivity index (χ2v) is 7.85. The molecule has 2 aromatic carbocycles. The van der Waals surface area contributed by atoms with E-state index in [-0.39, 0.29) is 4.75 Å². The van der Waals surface area contributed by atoms with Crippen LogP contribution in [0.15, 0.2) is 89.1 Å². The fraction of sp³-hybridized carbons (Fsp3) is 0.143. The smallest absolute Gasteiger partial charge is 0.0564 e. The SMILES string of the molecule is Cc1ccc(-c2ccc(SC3(C)C=CC(N)=CC(N)=C3)cc2)cc1. The molecule has 3 heteroatoms. The molecule has 2 aromatic rings. The Balaban J connectivity index is 1.80. The van der Waals surface area contributed by atoms with Gasteiger partial charge in [-0.3, -0.25) is 0 Å². The second-order valence-electron chi connectivity index (χ2n) is 6.30. The third kappa shape index (κ3) is 3.92. The molecule has 0 saturated carbocycles. The van der Waals surface area contributed by atoms with Gasteiger partial charge in [-0.15, -0.1) is 11.8 Å². The van der Waals surface area contributed by atoms with E-state index in [0.29, 0.717) is 11.4 Å². The van der Waals surface area contributed by atoms with Crippen LogP contribution in [0.1, 0.15) is 12.5 Å². The lowest BCUT2D eigenvalue weighted by Gasteiger charge is -2.21. The van der Waals surface area contributed by atoms with Crippen molar-refractivity contribution in [2.45, 2.75) is 23.5 Å². The van der Waals surface area contributed by atoms with E-state index >= 15 is 0 Å². The summed E-state index contributed by atoms with van der Waals surface area (Å²) in [6.07, 6.45) is 7.85. The highest BCUT2D eigenvalue weighted by Crippen LogP contribution is 2.37. The topological polar surface area (TPSA) is 52.0 Å². The van der Waals surface area contributed by atoms with Gasteiger partial charge in [-0.2, -0.15) is 0 Å². The largest absolute Gasteiger partial charge is 0.399 e. The highest BCUT2D eigenvalue weighted by Gasteiger charge is 2.21. The van der Waals surface area contributed by atoms with Crippen LogP contribution in [0.3, 0.4) is 0 Å². The van der Waals surface area contributed by atoms with Crippen molar-refractivity contribution in [2.24, 2.45) is 11.5 Å². The van der Waals surface area contributed by atoms with Crippen LogP contribution in [-0.4, -0.2) is 4.75 Å². The van der Waals surface area contributed by atoms with Crippen LogP contribution in [0.5, 0.6) is 0 Å². The summed E-state index contributed by atoms with van der Waals surface area (Å²) in [6, 6.07) is 17.2. The Kier molecular flexibility index (Phi) is 4.54. The van der Waals surface area contributed by atoms with Crippen molar-refractivity contribution in [3.05, 3.63) is 89.8 Å². The molecule has 2 nitrogen and oxygen atoms in total. The first-order valence-corrected chi connectivity index (χ1v) is 8.76. The minimum absolute atomic E-state index is 0.215. The number of aryl methyl sites for hydroxylation is 1. The molecule has 122 valence electrons. The molecule has 0 spiro atoms. The van der Waals surface area contributed by atoms with Gasteiger partial charge in [0.15, 0.2) is 0 Å². The Morgan fingerprint density at radius 3 is 2.04 bits per heavy atom. The molecule has 0 bridgehead atoms. The minimum Gasteiger partial charge on any atom is -0.399 e. The van der Waals surface area contributed by atoms with Crippen molar-refractivity contribution in [2.75, 3.05) is 0 Å². The number of benzene rings is 2. The van der Waals surface area contributed by atoms with E-state index in [1.54, 1.807) is 17.8 Å². The van der Waals surface area contributed by atoms with E-state index in [1.165, 1.54) is 21.6 Å². The molecule has 1 unspecified atom stereocenters. The van der Waals surface area contributed by atoms with E-state index in [2.05, 4.69) is 68.5 Å². The van der Waals surface area contributed by atoms with Gasteiger partial charge in [0.1, 0.15) is 0 Å². The molecule has 1 aliphatic rings. The van der Waals surface area contributed by atoms with Crippen molar-refractivity contribution in [3.8, 4) is 11.1 Å². The van der Waals surface area contributed by atoms with Crippen LogP contribution in [0.2, 0.25) is 0 Å². The molecule has 0 heterocycles.